The summed E-state index contributed by atoms with van der Waals surface area (Å²) in [5.41, 5.74) is 0. The maximum atomic E-state index is 11.9. The van der Waals surface area contributed by atoms with Crippen LogP contribution < -0.4 is 0 Å². The van der Waals surface area contributed by atoms with Gasteiger partial charge in [-0.2, -0.15) is 0 Å². The van der Waals surface area contributed by atoms with Crippen molar-refractivity contribution in [3.63, 3.8) is 0 Å². The lowest BCUT2D eigenvalue weighted by Crippen LogP contribution is -2.35. The zero-order chi connectivity index (χ0) is 11.4. The Morgan fingerprint density at radius 3 is 2.88 bits per heavy atom. The molecule has 0 aromatic rings. The number of hydrogen-bond donors (Lipinski definition) is 0. The summed E-state index contributed by atoms with van der Waals surface area (Å²) < 4.78 is 10.8. The first-order valence-electron chi connectivity index (χ1n) is 6.16. The van der Waals surface area contributed by atoms with Gasteiger partial charge < -0.3 is 9.47 Å². The first-order chi connectivity index (χ1) is 7.75. The molecule has 2 heterocycles. The topological polar surface area (TPSA) is 38.8 Å². The first kappa shape index (κ1) is 12.0. The molecule has 0 amide bonds. The predicted octanol–water partition coefficient (Wildman–Crippen LogP) is 0.703. The average molecular weight is 227 g/mol. The van der Waals surface area contributed by atoms with Crippen LogP contribution in [0.5, 0.6) is 0 Å². The average Bonchev–Trinajstić information content (AvgIpc) is 2.88. The fourth-order valence-corrected chi connectivity index (χ4v) is 2.38. The Morgan fingerprint density at radius 2 is 2.25 bits per heavy atom. The molecule has 4 nitrogen and oxygen atoms in total. The summed E-state index contributed by atoms with van der Waals surface area (Å²) >= 11 is 0. The zero-order valence-electron chi connectivity index (χ0n) is 9.98. The fourth-order valence-electron chi connectivity index (χ4n) is 2.38. The van der Waals surface area contributed by atoms with Crippen molar-refractivity contribution in [1.82, 2.24) is 4.90 Å². The van der Waals surface area contributed by atoms with Gasteiger partial charge >= 0.3 is 0 Å². The third-order valence-electron chi connectivity index (χ3n) is 3.35. The highest BCUT2D eigenvalue weighted by Crippen LogP contribution is 2.15. The van der Waals surface area contributed by atoms with Crippen LogP contribution in [0.15, 0.2) is 0 Å². The molecule has 2 rings (SSSR count). The molecule has 0 aromatic carbocycles. The Bertz CT molecular complexity index is 232. The van der Waals surface area contributed by atoms with Gasteiger partial charge in [-0.05, 0) is 26.3 Å². The van der Waals surface area contributed by atoms with E-state index >= 15 is 0 Å². The van der Waals surface area contributed by atoms with Crippen LogP contribution in [0.3, 0.4) is 0 Å². The number of ether oxygens (including phenoxy) is 2. The second-order valence-electron chi connectivity index (χ2n) is 4.86. The summed E-state index contributed by atoms with van der Waals surface area (Å²) in [7, 11) is 2.00. The van der Waals surface area contributed by atoms with Crippen LogP contribution in [-0.2, 0) is 14.3 Å². The smallest absolute Gasteiger partial charge is 0.152 e. The third-order valence-corrected chi connectivity index (χ3v) is 3.35. The molecule has 2 atom stereocenters. The third kappa shape index (κ3) is 3.27. The van der Waals surface area contributed by atoms with Crippen molar-refractivity contribution >= 4 is 5.78 Å². The van der Waals surface area contributed by atoms with E-state index < -0.39 is 0 Å². The number of hydrogen-bond acceptors (Lipinski definition) is 4. The fraction of sp³-hybridized carbons (Fsp3) is 0.917. The second-order valence-corrected chi connectivity index (χ2v) is 4.86. The molecular formula is C12H21NO3. The van der Waals surface area contributed by atoms with Gasteiger partial charge in [-0.3, -0.25) is 9.69 Å². The van der Waals surface area contributed by atoms with Gasteiger partial charge in [-0.1, -0.05) is 0 Å². The highest BCUT2D eigenvalue weighted by atomic mass is 16.5. The van der Waals surface area contributed by atoms with Crippen LogP contribution in [0.25, 0.3) is 0 Å². The van der Waals surface area contributed by atoms with E-state index in [9.17, 15) is 4.79 Å². The number of ketones is 1. The van der Waals surface area contributed by atoms with Gasteiger partial charge in [0, 0.05) is 25.7 Å². The lowest BCUT2D eigenvalue weighted by molar-refractivity contribution is -0.124. The van der Waals surface area contributed by atoms with Crippen LogP contribution in [0.4, 0.5) is 0 Å². The lowest BCUT2D eigenvalue weighted by atomic mass is 10.0. The summed E-state index contributed by atoms with van der Waals surface area (Å²) in [5, 5.41) is 0. The van der Waals surface area contributed by atoms with E-state index in [1.54, 1.807) is 0 Å². The molecule has 4 heteroatoms. The largest absolute Gasteiger partial charge is 0.381 e. The van der Waals surface area contributed by atoms with E-state index in [2.05, 4.69) is 4.90 Å². The molecule has 16 heavy (non-hydrogen) atoms. The molecule has 0 aromatic heterocycles. The van der Waals surface area contributed by atoms with Crippen LogP contribution in [0, 0.1) is 5.92 Å². The predicted molar refractivity (Wildman–Crippen MR) is 60.4 cm³/mol. The van der Waals surface area contributed by atoms with Crippen LogP contribution in [0.1, 0.15) is 19.3 Å². The molecule has 2 fully saturated rings. The van der Waals surface area contributed by atoms with Crippen molar-refractivity contribution in [2.75, 3.05) is 40.0 Å². The number of rotatable bonds is 5. The Morgan fingerprint density at radius 1 is 1.38 bits per heavy atom. The molecule has 0 N–H and O–H groups in total. The van der Waals surface area contributed by atoms with Crippen LogP contribution in [-0.4, -0.2) is 56.7 Å². The molecule has 2 saturated heterocycles. The Balaban J connectivity index is 1.68. The maximum absolute atomic E-state index is 11.9. The number of carbonyl (C=O) groups excluding carboxylic acids is 1. The van der Waals surface area contributed by atoms with Gasteiger partial charge in [0.2, 0.25) is 0 Å². The van der Waals surface area contributed by atoms with Gasteiger partial charge in [-0.15, -0.1) is 0 Å². The monoisotopic (exact) mass is 227 g/mol. The molecule has 0 spiro atoms. The molecule has 2 unspecified atom stereocenters. The minimum absolute atomic E-state index is 0.131. The number of nitrogens with zero attached hydrogens (tertiary/aromatic N) is 1. The number of carbonyl (C=O) groups is 1. The van der Waals surface area contributed by atoms with E-state index in [0.29, 0.717) is 25.0 Å². The summed E-state index contributed by atoms with van der Waals surface area (Å²) in [4.78, 5) is 13.9. The minimum atomic E-state index is 0.131. The molecule has 0 bridgehead atoms. The van der Waals surface area contributed by atoms with Crippen molar-refractivity contribution in [3.05, 3.63) is 0 Å². The van der Waals surface area contributed by atoms with Crippen molar-refractivity contribution < 1.29 is 14.3 Å². The minimum Gasteiger partial charge on any atom is -0.381 e. The van der Waals surface area contributed by atoms with Crippen molar-refractivity contribution in [2.45, 2.75) is 25.4 Å². The molecule has 0 aliphatic carbocycles. The highest BCUT2D eigenvalue weighted by Gasteiger charge is 2.25. The quantitative estimate of drug-likeness (QED) is 0.693. The summed E-state index contributed by atoms with van der Waals surface area (Å²) in [6.07, 6.45) is 3.51. The van der Waals surface area contributed by atoms with Gasteiger partial charge in [0.05, 0.1) is 19.3 Å². The van der Waals surface area contributed by atoms with Gasteiger partial charge in [0.15, 0.2) is 5.78 Å². The molecular weight excluding hydrogens is 206 g/mol. The standard InChI is InChI=1S/C12H21NO3/c1-13(7-11-3-2-5-16-11)8-12(14)10-4-6-15-9-10/h10-11H,2-9H2,1H3. The molecule has 0 radical (unpaired) electrons. The summed E-state index contributed by atoms with van der Waals surface area (Å²) in [6, 6.07) is 0. The van der Waals surface area contributed by atoms with E-state index in [0.717, 1.165) is 39.0 Å². The SMILES string of the molecule is CN(CC(=O)C1CCOC1)CC1CCCO1. The lowest BCUT2D eigenvalue weighted by Gasteiger charge is -2.20. The molecule has 92 valence electrons. The van der Waals surface area contributed by atoms with E-state index in [1.165, 1.54) is 0 Å². The maximum Gasteiger partial charge on any atom is 0.152 e. The number of likely N-dealkylation sites (N-methyl/N-ethyl adjacent to an activating group) is 1. The normalized spacial score (nSPS) is 30.1. The van der Waals surface area contributed by atoms with Crippen molar-refractivity contribution in [1.29, 1.82) is 0 Å². The van der Waals surface area contributed by atoms with Crippen LogP contribution in [0.2, 0.25) is 0 Å². The summed E-state index contributed by atoms with van der Waals surface area (Å²) in [6.45, 7) is 3.65. The van der Waals surface area contributed by atoms with E-state index in [-0.39, 0.29) is 5.92 Å². The highest BCUT2D eigenvalue weighted by molar-refractivity contribution is 5.83. The van der Waals surface area contributed by atoms with Crippen molar-refractivity contribution in [2.24, 2.45) is 5.92 Å². The van der Waals surface area contributed by atoms with Crippen molar-refractivity contribution in [3.8, 4) is 0 Å². The first-order valence-corrected chi connectivity index (χ1v) is 6.16. The molecule has 2 aliphatic rings. The Labute approximate surface area is 96.9 Å². The van der Waals surface area contributed by atoms with E-state index in [4.69, 9.17) is 9.47 Å². The van der Waals surface area contributed by atoms with E-state index in [1.807, 2.05) is 7.05 Å². The van der Waals surface area contributed by atoms with Gasteiger partial charge in [-0.25, -0.2) is 0 Å². The van der Waals surface area contributed by atoms with Gasteiger partial charge in [0.1, 0.15) is 0 Å². The second kappa shape index (κ2) is 5.75. The number of Topliss-reactive ketones (excluding diaryl/α,β-unsaturated/α-hetero) is 1. The molecule has 2 aliphatic heterocycles. The molecule has 0 saturated carbocycles. The Kier molecular flexibility index (Phi) is 4.32. The van der Waals surface area contributed by atoms with Crippen LogP contribution >= 0.6 is 0 Å². The summed E-state index contributed by atoms with van der Waals surface area (Å²) in [5.74, 6) is 0.449. The van der Waals surface area contributed by atoms with Gasteiger partial charge in [0.25, 0.3) is 0 Å². The zero-order valence-corrected chi connectivity index (χ0v) is 9.98. The Hall–Kier alpha value is -0.450.